The first-order valence-electron chi connectivity index (χ1n) is 10.4. The summed E-state index contributed by atoms with van der Waals surface area (Å²) in [4.78, 5) is 8.17. The average Bonchev–Trinajstić information content (AvgIpc) is 3.23. The van der Waals surface area contributed by atoms with Gasteiger partial charge in [-0.05, 0) is 60.4 Å². The van der Waals surface area contributed by atoms with Gasteiger partial charge in [0.1, 0.15) is 17.7 Å². The van der Waals surface area contributed by atoms with E-state index in [-0.39, 0.29) is 10.6 Å². The van der Waals surface area contributed by atoms with Gasteiger partial charge in [-0.25, -0.2) is 13.4 Å². The number of sulfone groups is 1. The Labute approximate surface area is 187 Å². The molecule has 4 rings (SSSR count). The van der Waals surface area contributed by atoms with Crippen molar-refractivity contribution < 1.29 is 18.3 Å². The van der Waals surface area contributed by atoms with Gasteiger partial charge in [-0.3, -0.25) is 0 Å². The molecule has 0 aliphatic carbocycles. The van der Waals surface area contributed by atoms with Crippen LogP contribution in [0.1, 0.15) is 35.5 Å². The van der Waals surface area contributed by atoms with Crippen LogP contribution in [0.15, 0.2) is 59.5 Å². The molecule has 1 unspecified atom stereocenters. The first-order valence-corrected chi connectivity index (χ1v) is 12.1. The minimum atomic E-state index is -3.29. The normalized spacial score (nSPS) is 12.8. The quantitative estimate of drug-likeness (QED) is 0.443. The van der Waals surface area contributed by atoms with Crippen molar-refractivity contribution in [2.45, 2.75) is 31.8 Å². The lowest BCUT2D eigenvalue weighted by Crippen LogP contribution is -2.05. The molecule has 0 amide bonds. The number of nitrogens with one attached hydrogen (secondary N) is 1. The summed E-state index contributed by atoms with van der Waals surface area (Å²) in [5.41, 5.74) is 6.27. The number of aromatic amines is 1. The maximum absolute atomic E-state index is 12.0. The van der Waals surface area contributed by atoms with E-state index in [0.29, 0.717) is 11.4 Å². The van der Waals surface area contributed by atoms with Crippen LogP contribution in [0, 0.1) is 13.8 Å². The molecule has 7 heteroatoms. The molecule has 0 saturated heterocycles. The summed E-state index contributed by atoms with van der Waals surface area (Å²) in [6.07, 6.45) is -1.00. The number of ether oxygens (including phenoxy) is 1. The monoisotopic (exact) mass is 450 g/mol. The Kier molecular flexibility index (Phi) is 5.79. The fourth-order valence-electron chi connectivity index (χ4n) is 4.08. The molecule has 0 radical (unpaired) electrons. The van der Waals surface area contributed by atoms with Gasteiger partial charge < -0.3 is 14.8 Å². The largest absolute Gasteiger partial charge is 0.496 e. The van der Waals surface area contributed by atoms with Gasteiger partial charge in [0.2, 0.25) is 0 Å². The first-order chi connectivity index (χ1) is 15.3. The maximum Gasteiger partial charge on any atom is 0.178 e. The highest BCUT2D eigenvalue weighted by Gasteiger charge is 2.20. The molecule has 1 atom stereocenters. The third kappa shape index (κ3) is 3.78. The number of hydrogen-bond donors (Lipinski definition) is 2. The number of aliphatic hydroxyl groups is 1. The molecule has 4 aromatic rings. The second-order valence-corrected chi connectivity index (χ2v) is 10.1. The Morgan fingerprint density at radius 2 is 1.78 bits per heavy atom. The summed E-state index contributed by atoms with van der Waals surface area (Å²) < 4.78 is 29.6. The summed E-state index contributed by atoms with van der Waals surface area (Å²) in [6, 6.07) is 16.2. The van der Waals surface area contributed by atoms with Crippen LogP contribution in [0.5, 0.6) is 5.75 Å². The number of H-pyrrole nitrogens is 1. The van der Waals surface area contributed by atoms with E-state index >= 15 is 0 Å². The van der Waals surface area contributed by atoms with Crippen molar-refractivity contribution in [3.8, 4) is 16.9 Å². The van der Waals surface area contributed by atoms with Gasteiger partial charge in [0.15, 0.2) is 9.84 Å². The third-order valence-electron chi connectivity index (χ3n) is 5.81. The fourth-order valence-corrected chi connectivity index (χ4v) is 4.96. The lowest BCUT2D eigenvalue weighted by atomic mass is 9.94. The Bertz CT molecular complexity index is 1390. The van der Waals surface area contributed by atoms with E-state index in [9.17, 15) is 13.5 Å². The van der Waals surface area contributed by atoms with Gasteiger partial charge in [-0.15, -0.1) is 0 Å². The van der Waals surface area contributed by atoms with E-state index in [2.05, 4.69) is 4.98 Å². The second kappa shape index (κ2) is 8.41. The summed E-state index contributed by atoms with van der Waals surface area (Å²) in [5, 5.41) is 10.9. The highest BCUT2D eigenvalue weighted by Crippen LogP contribution is 2.38. The van der Waals surface area contributed by atoms with Gasteiger partial charge in [0, 0.05) is 5.56 Å². The summed E-state index contributed by atoms with van der Waals surface area (Å²) in [7, 11) is -1.63. The third-order valence-corrected chi connectivity index (χ3v) is 7.56. The molecular formula is C25H26N2O4S. The highest BCUT2D eigenvalue weighted by molar-refractivity contribution is 7.91. The molecule has 2 N–H and O–H groups in total. The van der Waals surface area contributed by atoms with E-state index in [1.807, 2.05) is 44.2 Å². The fraction of sp³-hybridized carbons (Fsp3) is 0.240. The van der Waals surface area contributed by atoms with E-state index < -0.39 is 15.9 Å². The molecule has 0 bridgehead atoms. The Morgan fingerprint density at radius 3 is 2.44 bits per heavy atom. The molecule has 1 heterocycles. The van der Waals surface area contributed by atoms with Crippen LogP contribution >= 0.6 is 0 Å². The molecule has 6 nitrogen and oxygen atoms in total. The van der Waals surface area contributed by atoms with Crippen molar-refractivity contribution in [2.24, 2.45) is 0 Å². The number of benzene rings is 3. The van der Waals surface area contributed by atoms with Gasteiger partial charge in [-0.1, -0.05) is 37.3 Å². The molecule has 0 spiro atoms. The predicted molar refractivity (Wildman–Crippen MR) is 126 cm³/mol. The first kappa shape index (κ1) is 22.0. The lowest BCUT2D eigenvalue weighted by Gasteiger charge is -2.14. The minimum Gasteiger partial charge on any atom is -0.496 e. The molecule has 0 aliphatic heterocycles. The van der Waals surface area contributed by atoms with Gasteiger partial charge in [0.25, 0.3) is 0 Å². The number of aliphatic hydroxyl groups excluding tert-OH is 1. The number of methoxy groups -OCH3 is 1. The van der Waals surface area contributed by atoms with Crippen molar-refractivity contribution in [2.75, 3.05) is 12.9 Å². The van der Waals surface area contributed by atoms with Crippen molar-refractivity contribution >= 4 is 20.9 Å². The van der Waals surface area contributed by atoms with Crippen molar-refractivity contribution in [1.82, 2.24) is 9.97 Å². The number of nitrogens with zero attached hydrogens (tertiary/aromatic N) is 1. The number of hydrogen-bond acceptors (Lipinski definition) is 5. The summed E-state index contributed by atoms with van der Waals surface area (Å²) in [6.45, 7) is 5.66. The Balaban J connectivity index is 1.77. The number of imidazole rings is 1. The predicted octanol–water partition coefficient (Wildman–Crippen LogP) is 4.73. The van der Waals surface area contributed by atoms with E-state index in [1.165, 1.54) is 12.1 Å². The van der Waals surface area contributed by atoms with Crippen LogP contribution in [0.25, 0.3) is 22.2 Å². The SMILES string of the molecule is CCS(=O)(=O)c1ccc(C(O)c2nc3c(C)c(-c4ccccc4OC)c(C)cc3[nH]2)cc1. The van der Waals surface area contributed by atoms with E-state index in [1.54, 1.807) is 26.2 Å². The average molecular weight is 451 g/mol. The maximum atomic E-state index is 12.0. The zero-order valence-corrected chi connectivity index (χ0v) is 19.3. The highest BCUT2D eigenvalue weighted by atomic mass is 32.2. The van der Waals surface area contributed by atoms with Gasteiger partial charge >= 0.3 is 0 Å². The molecule has 3 aromatic carbocycles. The Hall–Kier alpha value is -3.16. The Morgan fingerprint density at radius 1 is 1.09 bits per heavy atom. The summed E-state index contributed by atoms with van der Waals surface area (Å²) >= 11 is 0. The van der Waals surface area contributed by atoms with E-state index in [4.69, 9.17) is 9.72 Å². The van der Waals surface area contributed by atoms with Crippen LogP contribution in [-0.4, -0.2) is 36.4 Å². The molecule has 0 saturated carbocycles. The zero-order valence-electron chi connectivity index (χ0n) is 18.5. The number of aryl methyl sites for hydroxylation is 2. The number of para-hydroxylation sites is 1. The second-order valence-electron chi connectivity index (χ2n) is 7.79. The van der Waals surface area contributed by atoms with Gasteiger partial charge in [0.05, 0.1) is 28.8 Å². The molecule has 0 aliphatic rings. The molecule has 166 valence electrons. The number of aromatic nitrogens is 2. The molecule has 32 heavy (non-hydrogen) atoms. The molecular weight excluding hydrogens is 424 g/mol. The smallest absolute Gasteiger partial charge is 0.178 e. The van der Waals surface area contributed by atoms with Crippen LogP contribution in [0.3, 0.4) is 0 Å². The van der Waals surface area contributed by atoms with Crippen molar-refractivity contribution in [3.63, 3.8) is 0 Å². The van der Waals surface area contributed by atoms with Crippen LogP contribution < -0.4 is 4.74 Å². The number of fused-ring (bicyclic) bond motifs is 1. The summed E-state index contributed by atoms with van der Waals surface area (Å²) in [5.74, 6) is 1.23. The standard InChI is InChI=1S/C25H26N2O4S/c1-5-32(29,30)18-12-10-17(11-13-18)24(28)25-26-20-14-15(2)22(16(3)23(20)27-25)19-8-6-7-9-21(19)31-4/h6-14,24,28H,5H2,1-4H3,(H,26,27). The minimum absolute atomic E-state index is 0.0334. The lowest BCUT2D eigenvalue weighted by molar-refractivity contribution is 0.211. The van der Waals surface area contributed by atoms with Crippen LogP contribution in [-0.2, 0) is 9.84 Å². The van der Waals surface area contributed by atoms with E-state index in [0.717, 1.165) is 39.0 Å². The van der Waals surface area contributed by atoms with Crippen LogP contribution in [0.4, 0.5) is 0 Å². The van der Waals surface area contributed by atoms with Crippen molar-refractivity contribution in [1.29, 1.82) is 0 Å². The molecule has 1 aromatic heterocycles. The van der Waals surface area contributed by atoms with Crippen LogP contribution in [0.2, 0.25) is 0 Å². The van der Waals surface area contributed by atoms with Crippen molar-refractivity contribution in [3.05, 3.63) is 77.1 Å². The van der Waals surface area contributed by atoms with Gasteiger partial charge in [-0.2, -0.15) is 0 Å². The zero-order chi connectivity index (χ0) is 23.0. The molecule has 0 fully saturated rings. The topological polar surface area (TPSA) is 92.3 Å². The number of rotatable bonds is 6.